The number of carbonyl (C=O) groups excluding carboxylic acids is 1. The number of pyridine rings is 1. The van der Waals surface area contributed by atoms with Gasteiger partial charge in [-0.15, -0.1) is 0 Å². The van der Waals surface area contributed by atoms with E-state index in [0.29, 0.717) is 12.2 Å². The van der Waals surface area contributed by atoms with Crippen LogP contribution in [0.25, 0.3) is 0 Å². The average Bonchev–Trinajstić information content (AvgIpc) is 2.74. The topological polar surface area (TPSA) is 74.2 Å². The fraction of sp³-hybridized carbons (Fsp3) is 0.294. The van der Waals surface area contributed by atoms with Crippen molar-refractivity contribution in [2.45, 2.75) is 32.4 Å². The summed E-state index contributed by atoms with van der Waals surface area (Å²) in [5.74, 6) is 0.510. The van der Waals surface area contributed by atoms with E-state index in [1.165, 1.54) is 0 Å². The Kier molecular flexibility index (Phi) is 3.81. The molecule has 2 amide bonds. The fourth-order valence-electron chi connectivity index (χ4n) is 2.95. The maximum absolute atomic E-state index is 12.2. The summed E-state index contributed by atoms with van der Waals surface area (Å²) in [5, 5.41) is 15.7. The van der Waals surface area contributed by atoms with Gasteiger partial charge in [0.25, 0.3) is 0 Å². The van der Waals surface area contributed by atoms with Crippen LogP contribution >= 0.6 is 0 Å². The number of aryl methyl sites for hydroxylation is 2. The predicted molar refractivity (Wildman–Crippen MR) is 84.8 cm³/mol. The van der Waals surface area contributed by atoms with Crippen LogP contribution in [0.3, 0.4) is 0 Å². The number of carbonyl (C=O) groups is 1. The van der Waals surface area contributed by atoms with E-state index < -0.39 is 6.10 Å². The molecule has 3 rings (SSSR count). The highest BCUT2D eigenvalue weighted by Gasteiger charge is 2.31. The number of hydrogen-bond donors (Lipinski definition) is 3. The average molecular weight is 297 g/mol. The Balaban J connectivity index is 1.72. The lowest BCUT2D eigenvalue weighted by molar-refractivity contribution is 0.144. The molecule has 0 saturated carbocycles. The monoisotopic (exact) mass is 297 g/mol. The lowest BCUT2D eigenvalue weighted by Crippen LogP contribution is -2.37. The molecule has 0 spiro atoms. The minimum Gasteiger partial charge on any atom is -0.390 e. The van der Waals surface area contributed by atoms with Crippen LogP contribution in [-0.2, 0) is 6.42 Å². The number of aliphatic hydroxyl groups excluding tert-OH is 1. The standard InChI is InChI=1S/C17H19N3O2/c1-10-7-11(2)18-15(8-10)19-17(22)20-16-13-6-4-3-5-12(13)9-14(16)21/h3-8,14,16,21H,9H2,1-2H3,(H2,18,19,20,22)/t14-,16+/m1/s1. The third kappa shape index (κ3) is 2.94. The second-order valence-electron chi connectivity index (χ2n) is 5.72. The first-order valence-electron chi connectivity index (χ1n) is 7.31. The van der Waals surface area contributed by atoms with E-state index in [9.17, 15) is 9.90 Å². The Morgan fingerprint density at radius 1 is 1.27 bits per heavy atom. The molecule has 0 unspecified atom stereocenters. The molecule has 1 heterocycles. The van der Waals surface area contributed by atoms with Crippen molar-refractivity contribution in [3.05, 3.63) is 58.8 Å². The zero-order chi connectivity index (χ0) is 15.7. The van der Waals surface area contributed by atoms with E-state index in [4.69, 9.17) is 0 Å². The molecule has 2 atom stereocenters. The van der Waals surface area contributed by atoms with Gasteiger partial charge >= 0.3 is 6.03 Å². The number of rotatable bonds is 2. The van der Waals surface area contributed by atoms with Crippen molar-refractivity contribution in [3.63, 3.8) is 0 Å². The third-order valence-corrected chi connectivity index (χ3v) is 3.83. The second-order valence-corrected chi connectivity index (χ2v) is 5.72. The quantitative estimate of drug-likeness (QED) is 0.797. The number of nitrogens with one attached hydrogen (secondary N) is 2. The predicted octanol–water partition coefficient (Wildman–Crippen LogP) is 2.48. The van der Waals surface area contributed by atoms with Crippen molar-refractivity contribution in [2.24, 2.45) is 0 Å². The number of aliphatic hydroxyl groups is 1. The minimum atomic E-state index is -0.602. The summed E-state index contributed by atoms with van der Waals surface area (Å²) < 4.78 is 0. The summed E-state index contributed by atoms with van der Waals surface area (Å²) >= 11 is 0. The normalized spacial score (nSPS) is 19.6. The fourth-order valence-corrected chi connectivity index (χ4v) is 2.95. The van der Waals surface area contributed by atoms with Gasteiger partial charge < -0.3 is 10.4 Å². The highest BCUT2D eigenvalue weighted by molar-refractivity contribution is 5.88. The number of anilines is 1. The van der Waals surface area contributed by atoms with E-state index in [1.54, 1.807) is 0 Å². The minimum absolute atomic E-state index is 0.363. The van der Waals surface area contributed by atoms with Gasteiger partial charge in [0.15, 0.2) is 0 Å². The second kappa shape index (κ2) is 5.77. The summed E-state index contributed by atoms with van der Waals surface area (Å²) in [7, 11) is 0. The summed E-state index contributed by atoms with van der Waals surface area (Å²) in [5.41, 5.74) is 3.93. The van der Waals surface area contributed by atoms with E-state index in [1.807, 2.05) is 50.2 Å². The molecule has 114 valence electrons. The molecule has 0 fully saturated rings. The van der Waals surface area contributed by atoms with Gasteiger partial charge in [-0.2, -0.15) is 0 Å². The van der Waals surface area contributed by atoms with E-state index in [2.05, 4.69) is 15.6 Å². The van der Waals surface area contributed by atoms with Gasteiger partial charge in [0.1, 0.15) is 5.82 Å². The summed E-state index contributed by atoms with van der Waals surface area (Å²) in [6, 6.07) is 10.8. The van der Waals surface area contributed by atoms with Crippen molar-refractivity contribution >= 4 is 11.8 Å². The Morgan fingerprint density at radius 3 is 2.82 bits per heavy atom. The highest BCUT2D eigenvalue weighted by atomic mass is 16.3. The molecule has 1 aromatic heterocycles. The number of aromatic nitrogens is 1. The van der Waals surface area contributed by atoms with Crippen LogP contribution in [0.1, 0.15) is 28.4 Å². The zero-order valence-electron chi connectivity index (χ0n) is 12.6. The molecular weight excluding hydrogens is 278 g/mol. The molecule has 2 aromatic rings. The van der Waals surface area contributed by atoms with Gasteiger partial charge in [-0.05, 0) is 42.7 Å². The Morgan fingerprint density at radius 2 is 2.05 bits per heavy atom. The molecule has 0 radical (unpaired) electrons. The van der Waals surface area contributed by atoms with Crippen molar-refractivity contribution in [2.75, 3.05) is 5.32 Å². The number of fused-ring (bicyclic) bond motifs is 1. The number of urea groups is 1. The van der Waals surface area contributed by atoms with Gasteiger partial charge in [-0.1, -0.05) is 24.3 Å². The lowest BCUT2D eigenvalue weighted by Gasteiger charge is -2.18. The molecule has 5 heteroatoms. The van der Waals surface area contributed by atoms with Crippen molar-refractivity contribution in [1.29, 1.82) is 0 Å². The van der Waals surface area contributed by atoms with E-state index in [-0.39, 0.29) is 12.1 Å². The molecule has 1 aliphatic carbocycles. The maximum atomic E-state index is 12.2. The Labute approximate surface area is 129 Å². The van der Waals surface area contributed by atoms with Crippen LogP contribution in [0.15, 0.2) is 36.4 Å². The summed E-state index contributed by atoms with van der Waals surface area (Å²) in [4.78, 5) is 16.5. The van der Waals surface area contributed by atoms with E-state index >= 15 is 0 Å². The first-order valence-corrected chi connectivity index (χ1v) is 7.31. The van der Waals surface area contributed by atoms with Crippen LogP contribution in [0.4, 0.5) is 10.6 Å². The van der Waals surface area contributed by atoms with E-state index in [0.717, 1.165) is 22.4 Å². The summed E-state index contributed by atoms with van der Waals surface area (Å²) in [6.45, 7) is 3.84. The first-order chi connectivity index (χ1) is 10.5. The van der Waals surface area contributed by atoms with Gasteiger partial charge in [0, 0.05) is 12.1 Å². The van der Waals surface area contributed by atoms with Crippen LogP contribution in [0.2, 0.25) is 0 Å². The molecule has 0 bridgehead atoms. The smallest absolute Gasteiger partial charge is 0.320 e. The molecule has 22 heavy (non-hydrogen) atoms. The SMILES string of the molecule is Cc1cc(C)nc(NC(=O)N[C@H]2c3ccccc3C[C@H]2O)c1. The van der Waals surface area contributed by atoms with Crippen LogP contribution in [-0.4, -0.2) is 22.2 Å². The largest absolute Gasteiger partial charge is 0.390 e. The first kappa shape index (κ1) is 14.5. The molecular formula is C17H19N3O2. The highest BCUT2D eigenvalue weighted by Crippen LogP contribution is 2.31. The van der Waals surface area contributed by atoms with Gasteiger partial charge in [-0.3, -0.25) is 5.32 Å². The van der Waals surface area contributed by atoms with Crippen molar-refractivity contribution in [1.82, 2.24) is 10.3 Å². The molecule has 5 nitrogen and oxygen atoms in total. The maximum Gasteiger partial charge on any atom is 0.320 e. The third-order valence-electron chi connectivity index (χ3n) is 3.83. The molecule has 1 aromatic carbocycles. The van der Waals surface area contributed by atoms with Gasteiger partial charge in [0.2, 0.25) is 0 Å². The lowest BCUT2D eigenvalue weighted by atomic mass is 10.1. The van der Waals surface area contributed by atoms with Crippen LogP contribution < -0.4 is 10.6 Å². The Hall–Kier alpha value is -2.40. The molecule has 3 N–H and O–H groups in total. The Bertz CT molecular complexity index is 695. The van der Waals surface area contributed by atoms with Gasteiger partial charge in [0.05, 0.1) is 12.1 Å². The van der Waals surface area contributed by atoms with Crippen molar-refractivity contribution in [3.8, 4) is 0 Å². The van der Waals surface area contributed by atoms with Crippen LogP contribution in [0, 0.1) is 13.8 Å². The number of benzene rings is 1. The van der Waals surface area contributed by atoms with Crippen molar-refractivity contribution < 1.29 is 9.90 Å². The molecule has 1 aliphatic rings. The number of nitrogens with zero attached hydrogens (tertiary/aromatic N) is 1. The van der Waals surface area contributed by atoms with Gasteiger partial charge in [-0.25, -0.2) is 9.78 Å². The zero-order valence-corrected chi connectivity index (χ0v) is 12.6. The molecule has 0 saturated heterocycles. The number of hydrogen-bond acceptors (Lipinski definition) is 3. The number of amides is 2. The molecule has 0 aliphatic heterocycles. The summed E-state index contributed by atoms with van der Waals surface area (Å²) in [6.07, 6.45) is -0.0431. The van der Waals surface area contributed by atoms with Crippen LogP contribution in [0.5, 0.6) is 0 Å².